The molecular weight excluding hydrogens is 208 g/mol. The van der Waals surface area contributed by atoms with Gasteiger partial charge < -0.3 is 9.16 Å². The van der Waals surface area contributed by atoms with E-state index in [2.05, 4.69) is 0 Å². The zero-order chi connectivity index (χ0) is 11.7. The molecule has 0 bridgehead atoms. The Labute approximate surface area is 94.7 Å². The second kappa shape index (κ2) is 7.42. The lowest BCUT2D eigenvalue weighted by Gasteiger charge is -2.22. The molecule has 0 rings (SSSR count). The molecular formula is C11H20O3Si. The Balaban J connectivity index is 3.73. The van der Waals surface area contributed by atoms with E-state index in [9.17, 15) is 4.79 Å². The molecule has 0 atom stereocenters. The summed E-state index contributed by atoms with van der Waals surface area (Å²) in [6, 6.07) is 0. The molecule has 0 spiro atoms. The summed E-state index contributed by atoms with van der Waals surface area (Å²) in [5, 5.41) is 0. The van der Waals surface area contributed by atoms with Crippen LogP contribution >= 0.6 is 0 Å². The molecule has 0 saturated carbocycles. The number of esters is 1. The van der Waals surface area contributed by atoms with Gasteiger partial charge in [0.2, 0.25) is 0 Å². The second-order valence-corrected chi connectivity index (χ2v) is 4.17. The van der Waals surface area contributed by atoms with Gasteiger partial charge >= 0.3 is 5.97 Å². The number of hydrogen-bond acceptors (Lipinski definition) is 3. The maximum atomic E-state index is 11.1. The van der Waals surface area contributed by atoms with Gasteiger partial charge in [-0.25, -0.2) is 4.79 Å². The van der Waals surface area contributed by atoms with Gasteiger partial charge in [0, 0.05) is 12.5 Å². The van der Waals surface area contributed by atoms with Crippen LogP contribution in [0, 0.1) is 0 Å². The van der Waals surface area contributed by atoms with Crippen molar-refractivity contribution in [2.45, 2.75) is 32.8 Å². The Morgan fingerprint density at radius 2 is 2.07 bits per heavy atom. The Bertz CT molecular complexity index is 244. The molecule has 0 aliphatic heterocycles. The van der Waals surface area contributed by atoms with Crippen molar-refractivity contribution in [1.29, 1.82) is 0 Å². The second-order valence-electron chi connectivity index (χ2n) is 3.77. The molecule has 0 radical (unpaired) electrons. The Hall–Kier alpha value is -0.873. The summed E-state index contributed by atoms with van der Waals surface area (Å²) in [4.78, 5) is 11.1. The monoisotopic (exact) mass is 228 g/mol. The number of hydrogen-bond donors (Lipinski definition) is 0. The molecule has 0 aliphatic rings. The van der Waals surface area contributed by atoms with E-state index in [1.54, 1.807) is 12.2 Å². The first-order chi connectivity index (χ1) is 7.02. The van der Waals surface area contributed by atoms with Crippen LogP contribution in [-0.2, 0) is 14.0 Å². The third kappa shape index (κ3) is 8.14. The van der Waals surface area contributed by atoms with Crippen LogP contribution in [0.25, 0.3) is 0 Å². The zero-order valence-electron chi connectivity index (χ0n) is 9.95. The first-order valence-electron chi connectivity index (χ1n) is 5.03. The highest BCUT2D eigenvalue weighted by atomic mass is 28.2. The van der Waals surface area contributed by atoms with Crippen molar-refractivity contribution in [3.05, 3.63) is 24.3 Å². The summed E-state index contributed by atoms with van der Waals surface area (Å²) in [5.41, 5.74) is -0.181. The van der Waals surface area contributed by atoms with E-state index < -0.39 is 0 Å². The van der Waals surface area contributed by atoms with Gasteiger partial charge in [-0.2, -0.15) is 0 Å². The van der Waals surface area contributed by atoms with Crippen LogP contribution in [0.2, 0.25) is 0 Å². The van der Waals surface area contributed by atoms with Crippen LogP contribution in [0.1, 0.15) is 27.2 Å². The number of carbonyl (C=O) groups excluding carboxylic acids is 1. The van der Waals surface area contributed by atoms with E-state index in [1.165, 1.54) is 6.08 Å². The highest BCUT2D eigenvalue weighted by Crippen LogP contribution is 2.11. The predicted octanol–water partition coefficient (Wildman–Crippen LogP) is 1.13. The van der Waals surface area contributed by atoms with E-state index in [0.717, 1.165) is 6.42 Å². The van der Waals surface area contributed by atoms with Crippen molar-refractivity contribution < 1.29 is 14.0 Å². The van der Waals surface area contributed by atoms with Gasteiger partial charge in [0.05, 0.1) is 12.2 Å². The van der Waals surface area contributed by atoms with E-state index >= 15 is 0 Å². The van der Waals surface area contributed by atoms with Gasteiger partial charge in [-0.3, -0.25) is 0 Å². The van der Waals surface area contributed by atoms with Gasteiger partial charge in [0.1, 0.15) is 10.5 Å². The minimum atomic E-state index is -0.308. The third-order valence-corrected chi connectivity index (χ3v) is 3.14. The molecule has 3 nitrogen and oxygen atoms in total. The molecule has 0 heterocycles. The van der Waals surface area contributed by atoms with E-state index in [0.29, 0.717) is 17.1 Å². The largest absolute Gasteiger partial charge is 0.462 e. The van der Waals surface area contributed by atoms with Gasteiger partial charge in [-0.05, 0) is 20.8 Å². The van der Waals surface area contributed by atoms with E-state index in [1.807, 2.05) is 26.8 Å². The SMILES string of the molecule is CC=CC=CC(=O)OCCC(C)(C)O[SiH3]. The van der Waals surface area contributed by atoms with Crippen LogP contribution in [0.3, 0.4) is 0 Å². The van der Waals surface area contributed by atoms with Crippen molar-refractivity contribution in [3.8, 4) is 0 Å². The molecule has 86 valence electrons. The summed E-state index contributed by atoms with van der Waals surface area (Å²) in [6.07, 6.45) is 7.43. The number of rotatable bonds is 6. The molecule has 0 aliphatic carbocycles. The van der Waals surface area contributed by atoms with Crippen molar-refractivity contribution >= 4 is 16.5 Å². The minimum absolute atomic E-state index is 0.181. The molecule has 0 fully saturated rings. The summed E-state index contributed by atoms with van der Waals surface area (Å²) in [5.74, 6) is -0.308. The molecule has 4 heteroatoms. The maximum absolute atomic E-state index is 11.1. The molecule has 0 saturated heterocycles. The smallest absolute Gasteiger partial charge is 0.330 e. The lowest BCUT2D eigenvalue weighted by Crippen LogP contribution is -2.25. The maximum Gasteiger partial charge on any atom is 0.330 e. The standard InChI is InChI=1S/C11H20O3Si/c1-4-5-6-7-10(12)13-9-8-11(2,3)14-15/h4-7H,8-9H2,1-3,15H3. The highest BCUT2D eigenvalue weighted by Gasteiger charge is 2.15. The number of ether oxygens (including phenoxy) is 1. The molecule has 0 unspecified atom stereocenters. The fourth-order valence-electron chi connectivity index (χ4n) is 0.793. The molecule has 0 aromatic heterocycles. The average molecular weight is 228 g/mol. The van der Waals surface area contributed by atoms with E-state index in [4.69, 9.17) is 9.16 Å². The van der Waals surface area contributed by atoms with Crippen LogP contribution in [0.4, 0.5) is 0 Å². The Kier molecular flexibility index (Phi) is 6.99. The predicted molar refractivity (Wildman–Crippen MR) is 64.6 cm³/mol. The first kappa shape index (κ1) is 14.1. The van der Waals surface area contributed by atoms with Crippen LogP contribution in [0.5, 0.6) is 0 Å². The van der Waals surface area contributed by atoms with E-state index in [-0.39, 0.29) is 11.6 Å². The highest BCUT2D eigenvalue weighted by molar-refractivity contribution is 5.98. The van der Waals surface area contributed by atoms with Gasteiger partial charge in [0.25, 0.3) is 0 Å². The molecule has 0 aromatic carbocycles. The molecule has 15 heavy (non-hydrogen) atoms. The van der Waals surface area contributed by atoms with Gasteiger partial charge in [0.15, 0.2) is 0 Å². The summed E-state index contributed by atoms with van der Waals surface area (Å²) in [6.45, 7) is 6.27. The minimum Gasteiger partial charge on any atom is -0.462 e. The van der Waals surface area contributed by atoms with Crippen LogP contribution < -0.4 is 0 Å². The van der Waals surface area contributed by atoms with Crippen molar-refractivity contribution in [2.24, 2.45) is 0 Å². The zero-order valence-corrected chi connectivity index (χ0v) is 11.9. The summed E-state index contributed by atoms with van der Waals surface area (Å²) in [7, 11) is 0.699. The van der Waals surface area contributed by atoms with Crippen molar-refractivity contribution in [3.63, 3.8) is 0 Å². The summed E-state index contributed by atoms with van der Waals surface area (Å²) >= 11 is 0. The fourth-order valence-corrected chi connectivity index (χ4v) is 0.997. The van der Waals surface area contributed by atoms with Crippen LogP contribution in [-0.4, -0.2) is 28.7 Å². The Morgan fingerprint density at radius 1 is 1.40 bits per heavy atom. The van der Waals surface area contributed by atoms with Crippen molar-refractivity contribution in [2.75, 3.05) is 6.61 Å². The molecule has 0 amide bonds. The Morgan fingerprint density at radius 3 is 2.60 bits per heavy atom. The number of carbonyl (C=O) groups is 1. The third-order valence-electron chi connectivity index (χ3n) is 2.04. The van der Waals surface area contributed by atoms with Crippen molar-refractivity contribution in [1.82, 2.24) is 0 Å². The molecule has 0 N–H and O–H groups in total. The molecule has 0 aromatic rings. The van der Waals surface area contributed by atoms with Crippen LogP contribution in [0.15, 0.2) is 24.3 Å². The lowest BCUT2D eigenvalue weighted by atomic mass is 10.1. The van der Waals surface area contributed by atoms with Gasteiger partial charge in [-0.1, -0.05) is 18.2 Å². The summed E-state index contributed by atoms with van der Waals surface area (Å²) < 4.78 is 10.3. The fraction of sp³-hybridized carbons (Fsp3) is 0.545. The normalized spacial score (nSPS) is 12.7. The lowest BCUT2D eigenvalue weighted by molar-refractivity contribution is -0.138. The number of allylic oxidation sites excluding steroid dienone is 3. The first-order valence-corrected chi connectivity index (χ1v) is 5.85. The quantitative estimate of drug-likeness (QED) is 0.296. The average Bonchev–Trinajstić information content (AvgIpc) is 2.18. The topological polar surface area (TPSA) is 35.5 Å². The van der Waals surface area contributed by atoms with Gasteiger partial charge in [-0.15, -0.1) is 0 Å².